The van der Waals surface area contributed by atoms with E-state index >= 15 is 0 Å². The molecule has 2 nitrogen and oxygen atoms in total. The van der Waals surface area contributed by atoms with Gasteiger partial charge in [0.25, 0.3) is 0 Å². The topological polar surface area (TPSA) is 33.0 Å². The van der Waals surface area contributed by atoms with Gasteiger partial charge in [0, 0.05) is 5.02 Å². The van der Waals surface area contributed by atoms with Gasteiger partial charge in [-0.2, -0.15) is 18.4 Å². The van der Waals surface area contributed by atoms with Crippen molar-refractivity contribution < 1.29 is 17.9 Å². The second-order valence-corrected chi connectivity index (χ2v) is 7.25. The van der Waals surface area contributed by atoms with E-state index in [9.17, 15) is 13.2 Å². The molecule has 2 aromatic rings. The molecule has 25 heavy (non-hydrogen) atoms. The van der Waals surface area contributed by atoms with E-state index in [0.717, 1.165) is 12.1 Å². The zero-order valence-electron chi connectivity index (χ0n) is 12.2. The Balaban J connectivity index is 2.34. The Bertz CT molecular complexity index is 813. The summed E-state index contributed by atoms with van der Waals surface area (Å²) in [4.78, 5) is -0.446. The Morgan fingerprint density at radius 3 is 2.20 bits per heavy atom. The third kappa shape index (κ3) is 5.18. The first-order chi connectivity index (χ1) is 11.6. The molecule has 0 saturated carbocycles. The Morgan fingerprint density at radius 2 is 1.68 bits per heavy atom. The van der Waals surface area contributed by atoms with Gasteiger partial charge in [0.05, 0.1) is 21.7 Å². The van der Waals surface area contributed by atoms with Crippen molar-refractivity contribution in [2.24, 2.45) is 0 Å². The number of hydrogen-bond donors (Lipinski definition) is 0. The Kier molecular flexibility index (Phi) is 6.50. The van der Waals surface area contributed by atoms with E-state index in [2.05, 4.69) is 15.9 Å². The van der Waals surface area contributed by atoms with Crippen molar-refractivity contribution in [3.8, 4) is 17.6 Å². The van der Waals surface area contributed by atoms with Crippen LogP contribution < -0.4 is 4.74 Å². The maximum Gasteiger partial charge on any atom is 0.416 e. The summed E-state index contributed by atoms with van der Waals surface area (Å²) < 4.78 is 43.8. The summed E-state index contributed by atoms with van der Waals surface area (Å²) in [6.07, 6.45) is -4.25. The van der Waals surface area contributed by atoms with Crippen molar-refractivity contribution in [3.63, 3.8) is 0 Å². The summed E-state index contributed by atoms with van der Waals surface area (Å²) in [6.45, 7) is 0. The number of alkyl halides is 4. The Hall–Kier alpha value is -1.13. The molecule has 0 bridgehead atoms. The Morgan fingerprint density at radius 1 is 1.08 bits per heavy atom. The molecule has 2 rings (SSSR count). The molecule has 1 atom stereocenters. The van der Waals surface area contributed by atoms with E-state index in [1.165, 1.54) is 6.07 Å². The summed E-state index contributed by atoms with van der Waals surface area (Å²) in [6, 6.07) is 8.13. The normalized spacial score (nSPS) is 12.6. The third-order valence-corrected chi connectivity index (χ3v) is 4.56. The summed E-state index contributed by atoms with van der Waals surface area (Å²) in [5.41, 5.74) is -0.343. The van der Waals surface area contributed by atoms with E-state index in [1.807, 2.05) is 6.07 Å². The summed E-state index contributed by atoms with van der Waals surface area (Å²) >= 11 is 21.0. The van der Waals surface area contributed by atoms with Crippen molar-refractivity contribution in [1.82, 2.24) is 0 Å². The highest BCUT2D eigenvalue weighted by molar-refractivity contribution is 9.09. The van der Waals surface area contributed by atoms with Gasteiger partial charge in [0.1, 0.15) is 10.6 Å². The minimum absolute atomic E-state index is 0.0970. The standard InChI is InChI=1S/C16H8BrCl3F3NO/c17-10(7-24)3-8-4-11(1-2-12(8)18)25-15-13(19)5-9(6-14(15)20)16(21,22)23/h1-2,4-6,10H,3H2. The summed E-state index contributed by atoms with van der Waals surface area (Å²) in [5, 5.41) is 8.74. The molecule has 0 heterocycles. The fourth-order valence-corrected chi connectivity index (χ4v) is 3.06. The second-order valence-electron chi connectivity index (χ2n) is 4.92. The monoisotopic (exact) mass is 471 g/mol. The van der Waals surface area contributed by atoms with E-state index in [4.69, 9.17) is 44.8 Å². The van der Waals surface area contributed by atoms with Crippen LogP contribution in [0.3, 0.4) is 0 Å². The number of rotatable bonds is 4. The van der Waals surface area contributed by atoms with Gasteiger partial charge in [-0.3, -0.25) is 0 Å². The molecule has 2 aromatic carbocycles. The molecule has 0 saturated heterocycles. The predicted molar refractivity (Wildman–Crippen MR) is 95.0 cm³/mol. The maximum absolute atomic E-state index is 12.8. The highest BCUT2D eigenvalue weighted by Crippen LogP contribution is 2.42. The van der Waals surface area contributed by atoms with E-state index < -0.39 is 16.6 Å². The van der Waals surface area contributed by atoms with Crippen molar-refractivity contribution in [1.29, 1.82) is 5.26 Å². The average Bonchev–Trinajstić information content (AvgIpc) is 2.52. The number of ether oxygens (including phenoxy) is 1. The van der Waals surface area contributed by atoms with Crippen LogP contribution in [0.4, 0.5) is 13.2 Å². The van der Waals surface area contributed by atoms with Crippen LogP contribution >= 0.6 is 50.7 Å². The highest BCUT2D eigenvalue weighted by Gasteiger charge is 2.32. The zero-order valence-corrected chi connectivity index (χ0v) is 16.0. The van der Waals surface area contributed by atoms with Crippen LogP contribution in [0.5, 0.6) is 11.5 Å². The molecule has 9 heteroatoms. The quantitative estimate of drug-likeness (QED) is 0.437. The van der Waals surface area contributed by atoms with Crippen molar-refractivity contribution in [2.75, 3.05) is 0 Å². The molecule has 0 aliphatic rings. The molecule has 0 N–H and O–H groups in total. The zero-order chi connectivity index (χ0) is 18.8. The van der Waals surface area contributed by atoms with Crippen LogP contribution in [-0.4, -0.2) is 4.83 Å². The van der Waals surface area contributed by atoms with Gasteiger partial charge in [-0.15, -0.1) is 0 Å². The summed E-state index contributed by atoms with van der Waals surface area (Å²) in [5.74, 6) is 0.181. The van der Waals surface area contributed by atoms with E-state index in [-0.39, 0.29) is 21.5 Å². The lowest BCUT2D eigenvalue weighted by atomic mass is 10.1. The van der Waals surface area contributed by atoms with Crippen LogP contribution in [0.25, 0.3) is 0 Å². The second kappa shape index (κ2) is 8.05. The molecular weight excluding hydrogens is 465 g/mol. The fourth-order valence-electron chi connectivity index (χ4n) is 1.95. The summed E-state index contributed by atoms with van der Waals surface area (Å²) in [7, 11) is 0. The number of hydrogen-bond acceptors (Lipinski definition) is 2. The van der Waals surface area contributed by atoms with Gasteiger partial charge < -0.3 is 4.74 Å². The smallest absolute Gasteiger partial charge is 0.416 e. The molecule has 1 unspecified atom stereocenters. The van der Waals surface area contributed by atoms with E-state index in [0.29, 0.717) is 17.0 Å². The van der Waals surface area contributed by atoms with Gasteiger partial charge in [-0.1, -0.05) is 50.7 Å². The van der Waals surface area contributed by atoms with Crippen molar-refractivity contribution >= 4 is 50.7 Å². The van der Waals surface area contributed by atoms with Crippen LogP contribution in [0.2, 0.25) is 15.1 Å². The predicted octanol–water partition coefficient (Wildman–Crippen LogP) is 7.29. The maximum atomic E-state index is 12.8. The number of halogens is 7. The molecule has 0 aliphatic heterocycles. The number of nitriles is 1. The molecule has 132 valence electrons. The van der Waals surface area contributed by atoms with E-state index in [1.54, 1.807) is 12.1 Å². The van der Waals surface area contributed by atoms with Crippen LogP contribution in [0.15, 0.2) is 30.3 Å². The first kappa shape index (κ1) is 20.2. The fraction of sp³-hybridized carbons (Fsp3) is 0.188. The lowest BCUT2D eigenvalue weighted by Gasteiger charge is -2.14. The van der Waals surface area contributed by atoms with Gasteiger partial charge in [-0.25, -0.2) is 0 Å². The first-order valence-electron chi connectivity index (χ1n) is 6.68. The minimum atomic E-state index is -4.57. The minimum Gasteiger partial charge on any atom is -0.454 e. The molecule has 0 amide bonds. The molecule has 0 aliphatic carbocycles. The van der Waals surface area contributed by atoms with Gasteiger partial charge in [0.2, 0.25) is 0 Å². The third-order valence-electron chi connectivity index (χ3n) is 3.10. The SMILES string of the molecule is N#CC(Br)Cc1cc(Oc2c(Cl)cc(C(F)(F)F)cc2Cl)ccc1Cl. The number of nitrogens with zero attached hydrogens (tertiary/aromatic N) is 1. The van der Waals surface area contributed by atoms with Gasteiger partial charge >= 0.3 is 6.18 Å². The lowest BCUT2D eigenvalue weighted by molar-refractivity contribution is -0.137. The van der Waals surface area contributed by atoms with Crippen LogP contribution in [0, 0.1) is 11.3 Å². The van der Waals surface area contributed by atoms with Gasteiger partial charge in [0.15, 0.2) is 5.75 Å². The van der Waals surface area contributed by atoms with Crippen LogP contribution in [0.1, 0.15) is 11.1 Å². The molecular formula is C16H8BrCl3F3NO. The molecule has 0 fully saturated rings. The van der Waals surface area contributed by atoms with Crippen molar-refractivity contribution in [2.45, 2.75) is 17.4 Å². The molecule has 0 aromatic heterocycles. The first-order valence-corrected chi connectivity index (χ1v) is 8.73. The Labute approximate surface area is 165 Å². The lowest BCUT2D eigenvalue weighted by Crippen LogP contribution is -2.05. The van der Waals surface area contributed by atoms with Crippen molar-refractivity contribution in [3.05, 3.63) is 56.5 Å². The van der Waals surface area contributed by atoms with Crippen LogP contribution in [-0.2, 0) is 12.6 Å². The highest BCUT2D eigenvalue weighted by atomic mass is 79.9. The van der Waals surface area contributed by atoms with Gasteiger partial charge in [-0.05, 0) is 42.3 Å². The average molecular weight is 474 g/mol. The molecule has 0 spiro atoms. The largest absolute Gasteiger partial charge is 0.454 e. The molecule has 0 radical (unpaired) electrons. The number of benzene rings is 2.